The molecule has 2 aliphatic heterocycles. The van der Waals surface area contributed by atoms with Gasteiger partial charge in [-0.1, -0.05) is 0 Å². The maximum atomic E-state index is 15.1. The average Bonchev–Trinajstić information content (AvgIpc) is 2.64. The van der Waals surface area contributed by atoms with Crippen molar-refractivity contribution >= 4 is 12.1 Å². The molecule has 1 spiro atoms. The second kappa shape index (κ2) is 5.12. The van der Waals surface area contributed by atoms with Crippen molar-refractivity contribution in [1.29, 1.82) is 0 Å². The van der Waals surface area contributed by atoms with E-state index in [2.05, 4.69) is 5.32 Å². The van der Waals surface area contributed by atoms with Crippen molar-refractivity contribution in [3.63, 3.8) is 0 Å². The molecule has 2 saturated heterocycles. The van der Waals surface area contributed by atoms with Gasteiger partial charge in [0.15, 0.2) is 0 Å². The zero-order chi connectivity index (χ0) is 15.9. The fraction of sp³-hybridized carbons (Fsp3) is 0.857. The molecule has 2 rings (SSSR count). The molecule has 0 saturated carbocycles. The number of carbonyl (C=O) groups excluding carboxylic acids is 2. The zero-order valence-corrected chi connectivity index (χ0v) is 13.0. The Morgan fingerprint density at radius 3 is 2.43 bits per heavy atom. The molecule has 1 atom stereocenters. The molecular formula is C14H23FN2O4. The quantitative estimate of drug-likeness (QED) is 0.774. The van der Waals surface area contributed by atoms with E-state index in [0.717, 1.165) is 0 Å². The van der Waals surface area contributed by atoms with Crippen LogP contribution in [0.3, 0.4) is 0 Å². The Labute approximate surface area is 123 Å². The number of nitrogens with zero attached hydrogens (tertiary/aromatic N) is 1. The molecule has 2 fully saturated rings. The third kappa shape index (κ3) is 2.71. The maximum absolute atomic E-state index is 15.1. The largest absolute Gasteiger partial charge is 0.464 e. The van der Waals surface area contributed by atoms with Crippen LogP contribution >= 0.6 is 0 Å². The predicted octanol–water partition coefficient (Wildman–Crippen LogP) is 1.10. The van der Waals surface area contributed by atoms with Crippen molar-refractivity contribution in [1.82, 2.24) is 10.2 Å². The van der Waals surface area contributed by atoms with Gasteiger partial charge in [-0.25, -0.2) is 14.0 Å². The number of esters is 1. The highest BCUT2D eigenvalue weighted by atomic mass is 19.1. The summed E-state index contributed by atoms with van der Waals surface area (Å²) in [6.45, 7) is 7.69. The number of ether oxygens (including phenoxy) is 2. The average molecular weight is 302 g/mol. The van der Waals surface area contributed by atoms with Crippen molar-refractivity contribution in [2.24, 2.45) is 5.41 Å². The number of nitrogens with one attached hydrogen (secondary N) is 1. The third-order valence-electron chi connectivity index (χ3n) is 3.91. The first kappa shape index (κ1) is 16.0. The molecule has 120 valence electrons. The Balaban J connectivity index is 2.03. The SMILES string of the molecule is CCOC(=O)C1(F)CNCC12CN(C(=O)OC(C)(C)C)C2. The van der Waals surface area contributed by atoms with Crippen LogP contribution in [0.15, 0.2) is 0 Å². The van der Waals surface area contributed by atoms with Gasteiger partial charge in [0.2, 0.25) is 5.67 Å². The van der Waals surface area contributed by atoms with E-state index in [1.807, 2.05) is 0 Å². The van der Waals surface area contributed by atoms with Crippen LogP contribution in [0.5, 0.6) is 0 Å². The lowest BCUT2D eigenvalue weighted by molar-refractivity contribution is -0.173. The van der Waals surface area contributed by atoms with E-state index in [9.17, 15) is 9.59 Å². The molecule has 6 nitrogen and oxygen atoms in total. The van der Waals surface area contributed by atoms with Gasteiger partial charge in [-0.15, -0.1) is 0 Å². The summed E-state index contributed by atoms with van der Waals surface area (Å²) in [5, 5.41) is 2.90. The van der Waals surface area contributed by atoms with Crippen LogP contribution in [0.2, 0.25) is 0 Å². The van der Waals surface area contributed by atoms with Crippen molar-refractivity contribution in [2.75, 3.05) is 32.8 Å². The van der Waals surface area contributed by atoms with E-state index in [0.29, 0.717) is 6.54 Å². The molecule has 1 unspecified atom stereocenters. The van der Waals surface area contributed by atoms with Gasteiger partial charge in [0.1, 0.15) is 5.60 Å². The van der Waals surface area contributed by atoms with E-state index < -0.39 is 28.7 Å². The van der Waals surface area contributed by atoms with Gasteiger partial charge in [0, 0.05) is 26.2 Å². The van der Waals surface area contributed by atoms with E-state index in [4.69, 9.17) is 9.47 Å². The Morgan fingerprint density at radius 2 is 1.90 bits per heavy atom. The number of amides is 1. The summed E-state index contributed by atoms with van der Waals surface area (Å²) in [5.74, 6) is -0.848. The molecule has 0 aromatic carbocycles. The van der Waals surface area contributed by atoms with E-state index in [1.165, 1.54) is 4.90 Å². The smallest absolute Gasteiger partial charge is 0.410 e. The third-order valence-corrected chi connectivity index (χ3v) is 3.91. The van der Waals surface area contributed by atoms with Crippen LogP contribution in [-0.4, -0.2) is 61.0 Å². The van der Waals surface area contributed by atoms with Crippen LogP contribution in [0.4, 0.5) is 9.18 Å². The van der Waals surface area contributed by atoms with Gasteiger partial charge in [0.25, 0.3) is 0 Å². The predicted molar refractivity (Wildman–Crippen MR) is 73.6 cm³/mol. The Kier molecular flexibility index (Phi) is 3.90. The number of halogens is 1. The molecule has 7 heteroatoms. The fourth-order valence-electron chi connectivity index (χ4n) is 2.84. The van der Waals surface area contributed by atoms with Gasteiger partial charge in [-0.3, -0.25) is 0 Å². The normalized spacial score (nSPS) is 27.4. The summed E-state index contributed by atoms with van der Waals surface area (Å²) < 4.78 is 25.1. The molecule has 1 amide bonds. The number of rotatable bonds is 2. The Morgan fingerprint density at radius 1 is 1.29 bits per heavy atom. The topological polar surface area (TPSA) is 67.9 Å². The standard InChI is InChI=1S/C14H23FN2O4/c1-5-20-10(18)14(15)7-16-6-13(14)8-17(9-13)11(19)21-12(2,3)4/h16H,5-9H2,1-4H3. The summed E-state index contributed by atoms with van der Waals surface area (Å²) in [5.41, 5.74) is -3.58. The monoisotopic (exact) mass is 302 g/mol. The van der Waals surface area contributed by atoms with Crippen molar-refractivity contribution < 1.29 is 23.5 Å². The first-order valence-electron chi connectivity index (χ1n) is 7.18. The first-order valence-corrected chi connectivity index (χ1v) is 7.18. The molecule has 0 aromatic rings. The highest BCUT2D eigenvalue weighted by Gasteiger charge is 2.68. The van der Waals surface area contributed by atoms with Crippen molar-refractivity contribution in [3.05, 3.63) is 0 Å². The van der Waals surface area contributed by atoms with E-state index in [1.54, 1.807) is 27.7 Å². The molecule has 0 radical (unpaired) electrons. The van der Waals surface area contributed by atoms with Crippen LogP contribution in [0, 0.1) is 5.41 Å². The second-order valence-corrected chi connectivity index (χ2v) is 6.74. The molecule has 2 heterocycles. The molecule has 0 aromatic heterocycles. The first-order chi connectivity index (χ1) is 9.63. The highest BCUT2D eigenvalue weighted by Crippen LogP contribution is 2.47. The molecular weight excluding hydrogens is 279 g/mol. The van der Waals surface area contributed by atoms with Gasteiger partial charge in [0.05, 0.1) is 12.0 Å². The minimum absolute atomic E-state index is 0.0754. The maximum Gasteiger partial charge on any atom is 0.410 e. The lowest BCUT2D eigenvalue weighted by Gasteiger charge is -2.51. The van der Waals surface area contributed by atoms with E-state index >= 15 is 4.39 Å². The summed E-state index contributed by atoms with van der Waals surface area (Å²) in [6, 6.07) is 0. The van der Waals surface area contributed by atoms with Gasteiger partial charge < -0.3 is 19.7 Å². The molecule has 2 aliphatic rings. The number of hydrogen-bond acceptors (Lipinski definition) is 5. The van der Waals surface area contributed by atoms with E-state index in [-0.39, 0.29) is 26.2 Å². The van der Waals surface area contributed by atoms with Gasteiger partial charge >= 0.3 is 12.1 Å². The Hall–Kier alpha value is -1.37. The van der Waals surface area contributed by atoms with Crippen molar-refractivity contribution in [2.45, 2.75) is 39.0 Å². The molecule has 1 N–H and O–H groups in total. The van der Waals surface area contributed by atoms with Gasteiger partial charge in [-0.2, -0.15) is 0 Å². The number of hydrogen-bond donors (Lipinski definition) is 1. The summed E-state index contributed by atoms with van der Waals surface area (Å²) in [6.07, 6.45) is -0.480. The van der Waals surface area contributed by atoms with Crippen LogP contribution < -0.4 is 5.32 Å². The molecule has 0 aliphatic carbocycles. The van der Waals surface area contributed by atoms with Crippen LogP contribution in [-0.2, 0) is 14.3 Å². The summed E-state index contributed by atoms with van der Waals surface area (Å²) >= 11 is 0. The minimum atomic E-state index is -2.08. The minimum Gasteiger partial charge on any atom is -0.464 e. The zero-order valence-electron chi connectivity index (χ0n) is 13.0. The highest BCUT2D eigenvalue weighted by molar-refractivity contribution is 5.83. The van der Waals surface area contributed by atoms with Crippen LogP contribution in [0.1, 0.15) is 27.7 Å². The summed E-state index contributed by atoms with van der Waals surface area (Å²) in [4.78, 5) is 25.3. The lowest BCUT2D eigenvalue weighted by Crippen LogP contribution is -2.69. The Bertz CT molecular complexity index is 443. The number of alkyl halides is 1. The second-order valence-electron chi connectivity index (χ2n) is 6.74. The molecule has 0 bridgehead atoms. The molecule has 21 heavy (non-hydrogen) atoms. The van der Waals surface area contributed by atoms with Crippen molar-refractivity contribution in [3.8, 4) is 0 Å². The number of carbonyl (C=O) groups is 2. The fourth-order valence-corrected chi connectivity index (χ4v) is 2.84. The van der Waals surface area contributed by atoms with Crippen LogP contribution in [0.25, 0.3) is 0 Å². The number of likely N-dealkylation sites (tertiary alicyclic amines) is 1. The van der Waals surface area contributed by atoms with Gasteiger partial charge in [-0.05, 0) is 27.7 Å². The lowest BCUT2D eigenvalue weighted by atomic mass is 9.69. The summed E-state index contributed by atoms with van der Waals surface area (Å²) in [7, 11) is 0.